The predicted molar refractivity (Wildman–Crippen MR) is 136 cm³/mol. The smallest absolute Gasteiger partial charge is 0.252 e. The number of halogens is 2. The quantitative estimate of drug-likeness (QED) is 0.182. The van der Waals surface area contributed by atoms with Crippen molar-refractivity contribution in [2.45, 2.75) is 19.3 Å². The Morgan fingerprint density at radius 3 is 2.58 bits per heavy atom. The summed E-state index contributed by atoms with van der Waals surface area (Å²) < 4.78 is 0. The molecule has 2 aromatic carbocycles. The SMILES string of the molecule is CCNC(=NCC1CC(=O)Nc2ccccc21)NCCNC(=O)c1ccccc1Cl.I. The van der Waals surface area contributed by atoms with Gasteiger partial charge in [0.1, 0.15) is 0 Å². The Kier molecular flexibility index (Phi) is 10.1. The first-order chi connectivity index (χ1) is 14.6. The Morgan fingerprint density at radius 2 is 1.81 bits per heavy atom. The number of amides is 2. The lowest BCUT2D eigenvalue weighted by Gasteiger charge is -2.24. The number of aliphatic imine (C=N–C) groups is 1. The van der Waals surface area contributed by atoms with Crippen molar-refractivity contribution >= 4 is 59.0 Å². The highest BCUT2D eigenvalue weighted by atomic mass is 127. The summed E-state index contributed by atoms with van der Waals surface area (Å²) in [5, 5.41) is 12.6. The highest BCUT2D eigenvalue weighted by Gasteiger charge is 2.24. The highest BCUT2D eigenvalue weighted by molar-refractivity contribution is 14.0. The van der Waals surface area contributed by atoms with Crippen molar-refractivity contribution in [3.63, 3.8) is 0 Å². The zero-order chi connectivity index (χ0) is 21.3. The van der Waals surface area contributed by atoms with Crippen LogP contribution >= 0.6 is 35.6 Å². The van der Waals surface area contributed by atoms with Gasteiger partial charge >= 0.3 is 0 Å². The summed E-state index contributed by atoms with van der Waals surface area (Å²) in [6.07, 6.45) is 0.411. The normalized spacial score (nSPS) is 15.2. The van der Waals surface area contributed by atoms with Crippen LogP contribution in [0.4, 0.5) is 5.69 Å². The van der Waals surface area contributed by atoms with E-state index in [9.17, 15) is 9.59 Å². The minimum atomic E-state index is -0.214. The molecule has 0 fully saturated rings. The molecule has 4 N–H and O–H groups in total. The number of rotatable bonds is 7. The van der Waals surface area contributed by atoms with Gasteiger partial charge < -0.3 is 21.3 Å². The number of para-hydroxylation sites is 1. The van der Waals surface area contributed by atoms with Crippen LogP contribution in [0.15, 0.2) is 53.5 Å². The Hall–Kier alpha value is -2.33. The molecule has 0 saturated heterocycles. The van der Waals surface area contributed by atoms with Crippen LogP contribution < -0.4 is 21.3 Å². The molecule has 1 unspecified atom stereocenters. The third-order valence-electron chi connectivity index (χ3n) is 4.74. The number of hydrogen-bond donors (Lipinski definition) is 4. The Balaban J connectivity index is 0.00000341. The van der Waals surface area contributed by atoms with Crippen molar-refractivity contribution in [3.8, 4) is 0 Å². The van der Waals surface area contributed by atoms with Crippen molar-refractivity contribution in [2.75, 3.05) is 31.5 Å². The molecular formula is C22H27ClIN5O2. The van der Waals surface area contributed by atoms with Crippen LogP contribution in [0.5, 0.6) is 0 Å². The summed E-state index contributed by atoms with van der Waals surface area (Å²) in [6.45, 7) is 4.11. The predicted octanol–water partition coefficient (Wildman–Crippen LogP) is 3.37. The lowest BCUT2D eigenvalue weighted by molar-refractivity contribution is -0.116. The van der Waals surface area contributed by atoms with E-state index in [1.807, 2.05) is 31.2 Å². The number of nitrogens with zero attached hydrogens (tertiary/aromatic N) is 1. The van der Waals surface area contributed by atoms with E-state index < -0.39 is 0 Å². The third kappa shape index (κ3) is 7.10. The Morgan fingerprint density at radius 1 is 1.10 bits per heavy atom. The second-order valence-corrected chi connectivity index (χ2v) is 7.33. The summed E-state index contributed by atoms with van der Waals surface area (Å²) in [6, 6.07) is 14.8. The summed E-state index contributed by atoms with van der Waals surface area (Å²) in [4.78, 5) is 28.8. The van der Waals surface area contributed by atoms with E-state index in [1.54, 1.807) is 24.3 Å². The van der Waals surface area contributed by atoms with Gasteiger partial charge in [-0.1, -0.05) is 41.9 Å². The van der Waals surface area contributed by atoms with Crippen LogP contribution in [0, 0.1) is 0 Å². The summed E-state index contributed by atoms with van der Waals surface area (Å²) in [5.41, 5.74) is 2.41. The van der Waals surface area contributed by atoms with E-state index in [2.05, 4.69) is 26.3 Å². The van der Waals surface area contributed by atoms with Crippen LogP contribution in [0.2, 0.25) is 5.02 Å². The molecular weight excluding hydrogens is 529 g/mol. The van der Waals surface area contributed by atoms with E-state index in [1.165, 1.54) is 0 Å². The average molecular weight is 556 g/mol. The minimum absolute atomic E-state index is 0. The van der Waals surface area contributed by atoms with Gasteiger partial charge in [0.15, 0.2) is 5.96 Å². The zero-order valence-corrected chi connectivity index (χ0v) is 20.4. The minimum Gasteiger partial charge on any atom is -0.357 e. The molecule has 9 heteroatoms. The van der Waals surface area contributed by atoms with Crippen LogP contribution in [-0.4, -0.2) is 44.0 Å². The Bertz CT molecular complexity index is 938. The number of carbonyl (C=O) groups excluding carboxylic acids is 2. The number of anilines is 1. The average Bonchev–Trinajstić information content (AvgIpc) is 2.74. The van der Waals surface area contributed by atoms with Crippen molar-refractivity contribution in [3.05, 3.63) is 64.7 Å². The zero-order valence-electron chi connectivity index (χ0n) is 17.3. The number of hydrogen-bond acceptors (Lipinski definition) is 3. The maximum absolute atomic E-state index is 12.2. The molecule has 166 valence electrons. The molecule has 31 heavy (non-hydrogen) atoms. The van der Waals surface area contributed by atoms with Crippen LogP contribution in [0.1, 0.15) is 35.2 Å². The van der Waals surface area contributed by atoms with E-state index in [-0.39, 0.29) is 41.7 Å². The largest absolute Gasteiger partial charge is 0.357 e. The van der Waals surface area contributed by atoms with Crippen molar-refractivity contribution in [1.82, 2.24) is 16.0 Å². The fraction of sp³-hybridized carbons (Fsp3) is 0.318. The number of benzene rings is 2. The van der Waals surface area contributed by atoms with Gasteiger partial charge in [-0.2, -0.15) is 0 Å². The molecule has 3 rings (SSSR count). The lowest BCUT2D eigenvalue weighted by atomic mass is 9.91. The summed E-state index contributed by atoms with van der Waals surface area (Å²) in [7, 11) is 0. The van der Waals surface area contributed by atoms with Crippen molar-refractivity contribution in [2.24, 2.45) is 4.99 Å². The van der Waals surface area contributed by atoms with Crippen LogP contribution in [0.3, 0.4) is 0 Å². The van der Waals surface area contributed by atoms with Crippen molar-refractivity contribution in [1.29, 1.82) is 0 Å². The maximum Gasteiger partial charge on any atom is 0.252 e. The van der Waals surface area contributed by atoms with Crippen LogP contribution in [0.25, 0.3) is 0 Å². The first kappa shape index (κ1) is 24.9. The monoisotopic (exact) mass is 555 g/mol. The van der Waals surface area contributed by atoms with Gasteiger partial charge in [-0.05, 0) is 30.7 Å². The second-order valence-electron chi connectivity index (χ2n) is 6.92. The molecule has 2 aromatic rings. The molecule has 0 saturated carbocycles. The van der Waals surface area contributed by atoms with Gasteiger partial charge in [0.25, 0.3) is 5.91 Å². The molecule has 0 aliphatic carbocycles. The fourth-order valence-corrected chi connectivity index (χ4v) is 3.53. The maximum atomic E-state index is 12.2. The first-order valence-corrected chi connectivity index (χ1v) is 10.4. The number of fused-ring (bicyclic) bond motifs is 1. The Labute approximate surface area is 204 Å². The second kappa shape index (κ2) is 12.5. The third-order valence-corrected chi connectivity index (χ3v) is 5.07. The number of nitrogens with one attached hydrogen (secondary N) is 4. The topological polar surface area (TPSA) is 94.6 Å². The molecule has 0 radical (unpaired) electrons. The lowest BCUT2D eigenvalue weighted by Crippen LogP contribution is -2.42. The van der Waals surface area contributed by atoms with Crippen molar-refractivity contribution < 1.29 is 9.59 Å². The van der Waals surface area contributed by atoms with Gasteiger partial charge in [-0.15, -0.1) is 24.0 Å². The van der Waals surface area contributed by atoms with Gasteiger partial charge in [-0.3, -0.25) is 14.6 Å². The van der Waals surface area contributed by atoms with E-state index in [0.29, 0.717) is 49.1 Å². The van der Waals surface area contributed by atoms with E-state index in [0.717, 1.165) is 11.3 Å². The van der Waals surface area contributed by atoms with Crippen LogP contribution in [-0.2, 0) is 4.79 Å². The molecule has 1 aliphatic heterocycles. The summed E-state index contributed by atoms with van der Waals surface area (Å²) >= 11 is 6.05. The summed E-state index contributed by atoms with van der Waals surface area (Å²) in [5.74, 6) is 0.474. The van der Waals surface area contributed by atoms with Gasteiger partial charge in [-0.25, -0.2) is 0 Å². The standard InChI is InChI=1S/C22H26ClN5O2.HI/c1-2-24-22(26-12-11-25-21(30)17-8-3-5-9-18(17)23)27-14-15-13-20(29)28-19-10-6-4-7-16(15)19;/h3-10,15H,2,11-14H2,1H3,(H,25,30)(H,28,29)(H2,24,26,27);1H. The molecule has 0 bridgehead atoms. The van der Waals surface area contributed by atoms with Gasteiger partial charge in [0, 0.05) is 37.7 Å². The molecule has 1 heterocycles. The molecule has 0 aromatic heterocycles. The highest BCUT2D eigenvalue weighted by Crippen LogP contribution is 2.31. The van der Waals surface area contributed by atoms with Gasteiger partial charge in [0.05, 0.1) is 17.1 Å². The molecule has 0 spiro atoms. The molecule has 2 amide bonds. The van der Waals surface area contributed by atoms with Gasteiger partial charge in [0.2, 0.25) is 5.91 Å². The first-order valence-electron chi connectivity index (χ1n) is 10.0. The molecule has 1 atom stereocenters. The fourth-order valence-electron chi connectivity index (χ4n) is 3.31. The number of guanidine groups is 1. The van der Waals surface area contributed by atoms with E-state index in [4.69, 9.17) is 11.6 Å². The molecule has 1 aliphatic rings. The molecule has 7 nitrogen and oxygen atoms in total. The number of carbonyl (C=O) groups is 2. The van der Waals surface area contributed by atoms with E-state index >= 15 is 0 Å².